The van der Waals surface area contributed by atoms with Gasteiger partial charge in [0.2, 0.25) is 0 Å². The summed E-state index contributed by atoms with van der Waals surface area (Å²) in [5.74, 6) is -0.804. The minimum atomic E-state index is -0.586. The van der Waals surface area contributed by atoms with Gasteiger partial charge in [-0.25, -0.2) is 9.78 Å². The molecule has 0 saturated carbocycles. The lowest BCUT2D eigenvalue weighted by Crippen LogP contribution is -2.16. The zero-order valence-corrected chi connectivity index (χ0v) is 16.1. The predicted molar refractivity (Wildman–Crippen MR) is 109 cm³/mol. The van der Waals surface area contributed by atoms with Crippen molar-refractivity contribution in [1.82, 2.24) is 9.38 Å². The molecule has 1 amide bonds. The number of pyridine rings is 1. The predicted octanol–water partition coefficient (Wildman–Crippen LogP) is 3.55. The number of carbonyl (C=O) groups is 2. The number of nitrogens with zero attached hydrogens (tertiary/aromatic N) is 2. The topological polar surface area (TPSA) is 103 Å². The number of amides is 1. The highest BCUT2D eigenvalue weighted by molar-refractivity contribution is 6.30. The van der Waals surface area contributed by atoms with Gasteiger partial charge in [-0.3, -0.25) is 14.0 Å². The molecule has 0 bridgehead atoms. The van der Waals surface area contributed by atoms with E-state index in [1.807, 2.05) is 0 Å². The summed E-state index contributed by atoms with van der Waals surface area (Å²) < 4.78 is 11.6. The maximum atomic E-state index is 12.3. The SMILES string of the molecule is O=C(OCc1cc(=O)n2cc(Cl)ccc2n1)c1ccc(NC(=O)c2ccco2)cc1. The second-order valence-corrected chi connectivity index (χ2v) is 6.68. The van der Waals surface area contributed by atoms with E-state index >= 15 is 0 Å². The molecular formula is C21H14ClN3O5. The highest BCUT2D eigenvalue weighted by Crippen LogP contribution is 2.14. The Hall–Kier alpha value is -3.91. The van der Waals surface area contributed by atoms with Crippen LogP contribution >= 0.6 is 11.6 Å². The van der Waals surface area contributed by atoms with Crippen molar-refractivity contribution in [1.29, 1.82) is 0 Å². The third-order valence-corrected chi connectivity index (χ3v) is 4.37. The first-order valence-electron chi connectivity index (χ1n) is 8.79. The summed E-state index contributed by atoms with van der Waals surface area (Å²) in [4.78, 5) is 40.7. The number of rotatable bonds is 5. The number of furan rings is 1. The molecule has 30 heavy (non-hydrogen) atoms. The Kier molecular flexibility index (Phi) is 5.32. The van der Waals surface area contributed by atoms with E-state index in [0.29, 0.717) is 22.1 Å². The number of halogens is 1. The van der Waals surface area contributed by atoms with Crippen LogP contribution in [0.3, 0.4) is 0 Å². The average molecular weight is 424 g/mol. The molecule has 0 spiro atoms. The van der Waals surface area contributed by atoms with Crippen LogP contribution in [-0.2, 0) is 11.3 Å². The standard InChI is InChI=1S/C21H14ClN3O5/c22-14-5-8-18-23-16(10-19(26)25(18)11-14)12-30-21(28)13-3-6-15(7-4-13)24-20(27)17-2-1-9-29-17/h1-11H,12H2,(H,24,27). The summed E-state index contributed by atoms with van der Waals surface area (Å²) in [6.07, 6.45) is 2.87. The molecule has 3 aromatic heterocycles. The lowest BCUT2D eigenvalue weighted by molar-refractivity contribution is 0.0467. The fourth-order valence-corrected chi connectivity index (χ4v) is 2.87. The summed E-state index contributed by atoms with van der Waals surface area (Å²) in [6, 6.07) is 13.8. The fraction of sp³-hybridized carbons (Fsp3) is 0.0476. The molecule has 0 unspecified atom stereocenters. The van der Waals surface area contributed by atoms with Gasteiger partial charge in [-0.1, -0.05) is 11.6 Å². The zero-order chi connectivity index (χ0) is 21.1. The van der Waals surface area contributed by atoms with Crippen LogP contribution in [-0.4, -0.2) is 21.3 Å². The second-order valence-electron chi connectivity index (χ2n) is 6.25. The van der Waals surface area contributed by atoms with Crippen LogP contribution in [0.5, 0.6) is 0 Å². The highest BCUT2D eigenvalue weighted by Gasteiger charge is 2.12. The maximum absolute atomic E-state index is 12.3. The molecule has 0 saturated heterocycles. The van der Waals surface area contributed by atoms with Crippen LogP contribution in [0.15, 0.2) is 76.3 Å². The Morgan fingerprint density at radius 3 is 2.67 bits per heavy atom. The number of benzene rings is 1. The van der Waals surface area contributed by atoms with E-state index in [0.717, 1.165) is 0 Å². The van der Waals surface area contributed by atoms with Crippen molar-refractivity contribution in [2.45, 2.75) is 6.61 Å². The van der Waals surface area contributed by atoms with E-state index in [9.17, 15) is 14.4 Å². The Bertz CT molecular complexity index is 1280. The third-order valence-electron chi connectivity index (χ3n) is 4.15. The molecule has 0 aliphatic rings. The number of aromatic nitrogens is 2. The Balaban J connectivity index is 1.40. The lowest BCUT2D eigenvalue weighted by atomic mass is 10.2. The summed E-state index contributed by atoms with van der Waals surface area (Å²) in [7, 11) is 0. The number of nitrogens with one attached hydrogen (secondary N) is 1. The fourth-order valence-electron chi connectivity index (χ4n) is 2.71. The van der Waals surface area contributed by atoms with E-state index in [2.05, 4.69) is 10.3 Å². The van der Waals surface area contributed by atoms with E-state index in [4.69, 9.17) is 20.8 Å². The Morgan fingerprint density at radius 2 is 1.93 bits per heavy atom. The van der Waals surface area contributed by atoms with Gasteiger partial charge in [0, 0.05) is 18.0 Å². The first kappa shape index (κ1) is 19.4. The second kappa shape index (κ2) is 8.22. The number of fused-ring (bicyclic) bond motifs is 1. The van der Waals surface area contributed by atoms with Gasteiger partial charge in [0.05, 0.1) is 22.5 Å². The highest BCUT2D eigenvalue weighted by atomic mass is 35.5. The van der Waals surface area contributed by atoms with Gasteiger partial charge in [0.25, 0.3) is 11.5 Å². The van der Waals surface area contributed by atoms with Crippen molar-refractivity contribution in [2.75, 3.05) is 5.32 Å². The van der Waals surface area contributed by atoms with E-state index in [-0.39, 0.29) is 23.5 Å². The Morgan fingerprint density at radius 1 is 1.13 bits per heavy atom. The molecule has 0 radical (unpaired) electrons. The molecule has 0 aliphatic heterocycles. The summed E-state index contributed by atoms with van der Waals surface area (Å²) in [5, 5.41) is 3.07. The molecule has 150 valence electrons. The minimum Gasteiger partial charge on any atom is -0.459 e. The van der Waals surface area contributed by atoms with Crippen LogP contribution in [0.2, 0.25) is 5.02 Å². The van der Waals surface area contributed by atoms with Crippen LogP contribution < -0.4 is 10.9 Å². The van der Waals surface area contributed by atoms with Crippen molar-refractivity contribution in [3.05, 3.63) is 99.5 Å². The summed E-state index contributed by atoms with van der Waals surface area (Å²) >= 11 is 5.88. The molecule has 1 aromatic carbocycles. The first-order valence-corrected chi connectivity index (χ1v) is 9.17. The maximum Gasteiger partial charge on any atom is 0.338 e. The molecule has 0 aliphatic carbocycles. The molecule has 4 aromatic rings. The quantitative estimate of drug-likeness (QED) is 0.492. The third kappa shape index (κ3) is 4.23. The molecule has 8 nitrogen and oxygen atoms in total. The normalized spacial score (nSPS) is 10.7. The molecule has 0 fully saturated rings. The van der Waals surface area contributed by atoms with Crippen LogP contribution in [0, 0.1) is 0 Å². The smallest absolute Gasteiger partial charge is 0.338 e. The van der Waals surface area contributed by atoms with Crippen LogP contribution in [0.4, 0.5) is 5.69 Å². The van der Waals surface area contributed by atoms with Crippen LogP contribution in [0.1, 0.15) is 26.6 Å². The average Bonchev–Trinajstić information content (AvgIpc) is 3.28. The zero-order valence-electron chi connectivity index (χ0n) is 15.4. The number of hydrogen-bond acceptors (Lipinski definition) is 6. The molecule has 0 atom stereocenters. The number of carbonyl (C=O) groups excluding carboxylic acids is 2. The Labute approximate surface area is 174 Å². The van der Waals surface area contributed by atoms with E-state index in [1.54, 1.807) is 36.4 Å². The largest absolute Gasteiger partial charge is 0.459 e. The molecular weight excluding hydrogens is 410 g/mol. The minimum absolute atomic E-state index is 0.163. The molecule has 1 N–H and O–H groups in total. The number of anilines is 1. The van der Waals surface area contributed by atoms with Crippen LogP contribution in [0.25, 0.3) is 5.65 Å². The van der Waals surface area contributed by atoms with E-state index in [1.165, 1.54) is 35.1 Å². The summed E-state index contributed by atoms with van der Waals surface area (Å²) in [6.45, 7) is -0.163. The van der Waals surface area contributed by atoms with Gasteiger partial charge in [0.1, 0.15) is 12.3 Å². The van der Waals surface area contributed by atoms with Gasteiger partial charge in [-0.15, -0.1) is 0 Å². The van der Waals surface area contributed by atoms with Gasteiger partial charge in [-0.05, 0) is 48.5 Å². The monoisotopic (exact) mass is 423 g/mol. The summed E-state index contributed by atoms with van der Waals surface area (Å²) in [5.41, 5.74) is 1.17. The number of hydrogen-bond donors (Lipinski definition) is 1. The van der Waals surface area contributed by atoms with Crippen molar-refractivity contribution >= 4 is 34.8 Å². The van der Waals surface area contributed by atoms with Gasteiger partial charge in [0.15, 0.2) is 5.76 Å². The van der Waals surface area contributed by atoms with Gasteiger partial charge in [-0.2, -0.15) is 0 Å². The van der Waals surface area contributed by atoms with Crippen molar-refractivity contribution in [2.24, 2.45) is 0 Å². The number of esters is 1. The van der Waals surface area contributed by atoms with Crippen molar-refractivity contribution < 1.29 is 18.7 Å². The molecule has 9 heteroatoms. The van der Waals surface area contributed by atoms with Gasteiger partial charge >= 0.3 is 5.97 Å². The van der Waals surface area contributed by atoms with Gasteiger partial charge < -0.3 is 14.5 Å². The molecule has 3 heterocycles. The first-order chi connectivity index (χ1) is 14.5. The lowest BCUT2D eigenvalue weighted by Gasteiger charge is -2.07. The van der Waals surface area contributed by atoms with Crippen molar-refractivity contribution in [3.8, 4) is 0 Å². The van der Waals surface area contributed by atoms with E-state index < -0.39 is 11.9 Å². The molecule has 4 rings (SSSR count). The number of ether oxygens (including phenoxy) is 1. The van der Waals surface area contributed by atoms with Crippen molar-refractivity contribution in [3.63, 3.8) is 0 Å².